The zero-order chi connectivity index (χ0) is 24.2. The number of aryl methyl sites for hydroxylation is 1. The Balaban J connectivity index is 1.33. The Morgan fingerprint density at radius 3 is 2.43 bits per heavy atom. The van der Waals surface area contributed by atoms with E-state index in [-0.39, 0.29) is 12.5 Å². The maximum absolute atomic E-state index is 13.3. The number of methoxy groups -OCH3 is 1. The van der Waals surface area contributed by atoms with Crippen molar-refractivity contribution in [1.82, 2.24) is 24.6 Å². The normalized spacial score (nSPS) is 13.7. The first-order valence-corrected chi connectivity index (χ1v) is 11.7. The number of benzene rings is 2. The molecule has 0 radical (unpaired) electrons. The summed E-state index contributed by atoms with van der Waals surface area (Å²) in [5, 5.41) is 4.84. The van der Waals surface area contributed by atoms with Crippen LogP contribution in [0.2, 0.25) is 0 Å². The van der Waals surface area contributed by atoms with Crippen molar-refractivity contribution in [2.24, 2.45) is 0 Å². The van der Waals surface area contributed by atoms with Crippen molar-refractivity contribution >= 4 is 11.7 Å². The highest BCUT2D eigenvalue weighted by Gasteiger charge is 2.24. The first kappa shape index (κ1) is 22.6. The number of hydrogen-bond donors (Lipinski definition) is 0. The van der Waals surface area contributed by atoms with Gasteiger partial charge in [0.05, 0.1) is 18.5 Å². The van der Waals surface area contributed by atoms with E-state index in [0.717, 1.165) is 28.3 Å². The van der Waals surface area contributed by atoms with E-state index in [1.165, 1.54) is 11.9 Å². The molecule has 8 heteroatoms. The molecule has 0 saturated carbocycles. The van der Waals surface area contributed by atoms with Crippen molar-refractivity contribution in [1.29, 1.82) is 0 Å². The van der Waals surface area contributed by atoms with Crippen LogP contribution in [0.4, 0.5) is 5.82 Å². The number of carbonyl (C=O) groups is 1. The molecule has 0 unspecified atom stereocenters. The van der Waals surface area contributed by atoms with Gasteiger partial charge in [-0.1, -0.05) is 54.1 Å². The number of carbonyl (C=O) groups excluding carboxylic acids is 1. The van der Waals surface area contributed by atoms with E-state index in [1.54, 1.807) is 7.11 Å². The quantitative estimate of drug-likeness (QED) is 0.430. The van der Waals surface area contributed by atoms with E-state index in [9.17, 15) is 4.79 Å². The Morgan fingerprint density at radius 1 is 0.914 bits per heavy atom. The van der Waals surface area contributed by atoms with Crippen LogP contribution in [0.1, 0.15) is 5.56 Å². The van der Waals surface area contributed by atoms with E-state index < -0.39 is 0 Å². The van der Waals surface area contributed by atoms with E-state index in [1.807, 2.05) is 52.0 Å². The third-order valence-electron chi connectivity index (χ3n) is 6.24. The first-order valence-electron chi connectivity index (χ1n) is 11.7. The van der Waals surface area contributed by atoms with E-state index >= 15 is 0 Å². The highest BCUT2D eigenvalue weighted by molar-refractivity contribution is 5.78. The summed E-state index contributed by atoms with van der Waals surface area (Å²) in [7, 11) is 1.59. The van der Waals surface area contributed by atoms with Gasteiger partial charge in [-0.2, -0.15) is 5.10 Å². The van der Waals surface area contributed by atoms with Crippen LogP contribution in [0, 0.1) is 6.92 Å². The maximum atomic E-state index is 13.3. The second kappa shape index (κ2) is 9.97. The standard InChI is InChI=1S/C27H28N6O2/c1-20-7-6-10-22(15-20)23-16-24(21-8-4-3-5-9-21)33(30-23)18-27(34)32-13-11-31(12-14-32)25-17-26(35-2)29-19-28-25/h3-10,15-17,19H,11-14,18H2,1-2H3. The minimum absolute atomic E-state index is 0.0565. The molecule has 3 heterocycles. The number of ether oxygens (including phenoxy) is 1. The smallest absolute Gasteiger partial charge is 0.244 e. The molecule has 8 nitrogen and oxygen atoms in total. The lowest BCUT2D eigenvalue weighted by Gasteiger charge is -2.35. The summed E-state index contributed by atoms with van der Waals surface area (Å²) in [5.74, 6) is 1.40. The summed E-state index contributed by atoms with van der Waals surface area (Å²) in [6.45, 7) is 4.91. The van der Waals surface area contributed by atoms with Crippen LogP contribution in [0.5, 0.6) is 5.88 Å². The molecule has 0 spiro atoms. The van der Waals surface area contributed by atoms with Gasteiger partial charge in [0.15, 0.2) is 0 Å². The monoisotopic (exact) mass is 468 g/mol. The molecule has 1 aliphatic heterocycles. The highest BCUT2D eigenvalue weighted by Crippen LogP contribution is 2.27. The Kier molecular flexibility index (Phi) is 6.43. The SMILES string of the molecule is COc1cc(N2CCN(C(=O)Cn3nc(-c4cccc(C)c4)cc3-c3ccccc3)CC2)ncn1. The van der Waals surface area contributed by atoms with Crippen LogP contribution in [-0.4, -0.2) is 63.8 Å². The minimum atomic E-state index is 0.0565. The largest absolute Gasteiger partial charge is 0.481 e. The van der Waals surface area contributed by atoms with Gasteiger partial charge in [0, 0.05) is 37.8 Å². The predicted octanol–water partition coefficient (Wildman–Crippen LogP) is 3.67. The number of piperazine rings is 1. The van der Waals surface area contributed by atoms with Gasteiger partial charge in [0.25, 0.3) is 0 Å². The molecule has 2 aromatic heterocycles. The summed E-state index contributed by atoms with van der Waals surface area (Å²) in [5.41, 5.74) is 5.05. The summed E-state index contributed by atoms with van der Waals surface area (Å²) in [6.07, 6.45) is 1.50. The predicted molar refractivity (Wildman–Crippen MR) is 135 cm³/mol. The maximum Gasteiger partial charge on any atom is 0.244 e. The Bertz CT molecular complexity index is 1310. The van der Waals surface area contributed by atoms with Gasteiger partial charge >= 0.3 is 0 Å². The Labute approximate surface area is 204 Å². The lowest BCUT2D eigenvalue weighted by Crippen LogP contribution is -2.50. The zero-order valence-electron chi connectivity index (χ0n) is 20.0. The minimum Gasteiger partial charge on any atom is -0.481 e. The third-order valence-corrected chi connectivity index (χ3v) is 6.24. The third kappa shape index (κ3) is 5.01. The average Bonchev–Trinajstić information content (AvgIpc) is 3.33. The van der Waals surface area contributed by atoms with Crippen molar-refractivity contribution in [2.45, 2.75) is 13.5 Å². The number of rotatable bonds is 6. The van der Waals surface area contributed by atoms with Gasteiger partial charge in [-0.25, -0.2) is 9.97 Å². The Morgan fingerprint density at radius 2 is 1.69 bits per heavy atom. The molecule has 0 N–H and O–H groups in total. The van der Waals surface area contributed by atoms with E-state index in [2.05, 4.69) is 46.1 Å². The molecule has 0 bridgehead atoms. The molecule has 4 aromatic rings. The number of anilines is 1. The lowest BCUT2D eigenvalue weighted by atomic mass is 10.1. The van der Waals surface area contributed by atoms with E-state index in [0.29, 0.717) is 32.1 Å². The fourth-order valence-electron chi connectivity index (χ4n) is 4.35. The number of aromatic nitrogens is 4. The van der Waals surface area contributed by atoms with Gasteiger partial charge in [0.2, 0.25) is 11.8 Å². The first-order chi connectivity index (χ1) is 17.1. The molecule has 178 valence electrons. The van der Waals surface area contributed by atoms with Gasteiger partial charge in [-0.05, 0) is 24.6 Å². The summed E-state index contributed by atoms with van der Waals surface area (Å²) in [6, 6.07) is 22.2. The van der Waals surface area contributed by atoms with Gasteiger partial charge in [-0.15, -0.1) is 0 Å². The molecule has 5 rings (SSSR count). The van der Waals surface area contributed by atoms with Gasteiger partial charge in [0.1, 0.15) is 18.7 Å². The molecule has 1 saturated heterocycles. The fraction of sp³-hybridized carbons (Fsp3) is 0.259. The molecule has 0 atom stereocenters. The van der Waals surface area contributed by atoms with Crippen molar-refractivity contribution < 1.29 is 9.53 Å². The van der Waals surface area contributed by atoms with E-state index in [4.69, 9.17) is 9.84 Å². The summed E-state index contributed by atoms with van der Waals surface area (Å²) in [4.78, 5) is 25.8. The highest BCUT2D eigenvalue weighted by atomic mass is 16.5. The molecule has 0 aliphatic carbocycles. The molecular weight excluding hydrogens is 440 g/mol. The molecule has 1 amide bonds. The summed E-state index contributed by atoms with van der Waals surface area (Å²) >= 11 is 0. The second-order valence-electron chi connectivity index (χ2n) is 8.59. The number of hydrogen-bond acceptors (Lipinski definition) is 6. The molecular formula is C27H28N6O2. The Hall–Kier alpha value is -4.20. The number of amides is 1. The molecule has 1 fully saturated rings. The zero-order valence-corrected chi connectivity index (χ0v) is 20.0. The average molecular weight is 469 g/mol. The lowest BCUT2D eigenvalue weighted by molar-refractivity contribution is -0.132. The van der Waals surface area contributed by atoms with Crippen LogP contribution >= 0.6 is 0 Å². The van der Waals surface area contributed by atoms with Crippen LogP contribution in [0.3, 0.4) is 0 Å². The van der Waals surface area contributed by atoms with Gasteiger partial charge in [-0.3, -0.25) is 9.48 Å². The van der Waals surface area contributed by atoms with Crippen LogP contribution in [0.25, 0.3) is 22.5 Å². The second-order valence-corrected chi connectivity index (χ2v) is 8.59. The topological polar surface area (TPSA) is 76.4 Å². The van der Waals surface area contributed by atoms with Crippen molar-refractivity contribution in [3.8, 4) is 28.4 Å². The van der Waals surface area contributed by atoms with Crippen molar-refractivity contribution in [3.63, 3.8) is 0 Å². The van der Waals surface area contributed by atoms with Crippen LogP contribution < -0.4 is 9.64 Å². The molecule has 2 aromatic carbocycles. The summed E-state index contributed by atoms with van der Waals surface area (Å²) < 4.78 is 7.04. The fourth-order valence-corrected chi connectivity index (χ4v) is 4.35. The number of nitrogens with zero attached hydrogens (tertiary/aromatic N) is 6. The van der Waals surface area contributed by atoms with Crippen molar-refractivity contribution in [3.05, 3.63) is 78.6 Å². The van der Waals surface area contributed by atoms with Gasteiger partial charge < -0.3 is 14.5 Å². The molecule has 35 heavy (non-hydrogen) atoms. The molecule has 1 aliphatic rings. The van der Waals surface area contributed by atoms with Crippen molar-refractivity contribution in [2.75, 3.05) is 38.2 Å². The van der Waals surface area contributed by atoms with Crippen LogP contribution in [-0.2, 0) is 11.3 Å². The van der Waals surface area contributed by atoms with Crippen LogP contribution in [0.15, 0.2) is 73.1 Å².